The fourth-order valence-electron chi connectivity index (χ4n) is 2.88. The largest absolute Gasteiger partial charge is 0.508 e. The molecule has 6 heteroatoms. The van der Waals surface area contributed by atoms with Crippen LogP contribution >= 0.6 is 0 Å². The number of hydrogen-bond donors (Lipinski definition) is 2. The predicted molar refractivity (Wildman–Crippen MR) is 84.6 cm³/mol. The third-order valence-corrected chi connectivity index (χ3v) is 3.99. The van der Waals surface area contributed by atoms with Crippen molar-refractivity contribution in [2.24, 2.45) is 0 Å². The van der Waals surface area contributed by atoms with Gasteiger partial charge in [0.15, 0.2) is 0 Å². The Bertz CT molecular complexity index is 856. The smallest absolute Gasteiger partial charge is 0.226 e. The Morgan fingerprint density at radius 3 is 2.78 bits per heavy atom. The molecule has 1 atom stereocenters. The summed E-state index contributed by atoms with van der Waals surface area (Å²) in [6.07, 6.45) is 5.45. The number of phenolic OH excluding ortho intramolecular Hbond substituents is 1. The molecule has 2 N–H and O–H groups in total. The standard InChI is InChI=1S/C17H14N4O2/c22-13-5-3-11(4-6-13)14-8-15(23)20-17-16(14)19-10-21(17)12-2-1-7-18-9-12/h1-7,9-10,14,22H,8H2,(H,20,23)/t14-/m1/s1. The molecule has 0 bridgehead atoms. The summed E-state index contributed by atoms with van der Waals surface area (Å²) in [5.74, 6) is 0.695. The molecule has 3 heterocycles. The number of anilines is 1. The van der Waals surface area contributed by atoms with Crippen molar-refractivity contribution >= 4 is 11.7 Å². The lowest BCUT2D eigenvalue weighted by molar-refractivity contribution is -0.116. The summed E-state index contributed by atoms with van der Waals surface area (Å²) >= 11 is 0. The number of rotatable bonds is 2. The van der Waals surface area contributed by atoms with Gasteiger partial charge >= 0.3 is 0 Å². The summed E-state index contributed by atoms with van der Waals surface area (Å²) in [7, 11) is 0. The van der Waals surface area contributed by atoms with Crippen LogP contribution in [-0.4, -0.2) is 25.5 Å². The highest BCUT2D eigenvalue weighted by Crippen LogP contribution is 2.37. The molecule has 23 heavy (non-hydrogen) atoms. The zero-order valence-electron chi connectivity index (χ0n) is 12.2. The van der Waals surface area contributed by atoms with Crippen molar-refractivity contribution in [1.82, 2.24) is 14.5 Å². The first-order valence-electron chi connectivity index (χ1n) is 7.29. The topological polar surface area (TPSA) is 80.0 Å². The Labute approximate surface area is 132 Å². The zero-order chi connectivity index (χ0) is 15.8. The van der Waals surface area contributed by atoms with Gasteiger partial charge in [-0.1, -0.05) is 12.1 Å². The number of aromatic hydroxyl groups is 1. The van der Waals surface area contributed by atoms with Crippen molar-refractivity contribution in [2.75, 3.05) is 5.32 Å². The van der Waals surface area contributed by atoms with Gasteiger partial charge in [0, 0.05) is 18.5 Å². The van der Waals surface area contributed by atoms with E-state index in [1.54, 1.807) is 30.9 Å². The minimum atomic E-state index is -0.128. The first-order chi connectivity index (χ1) is 11.2. The molecule has 1 amide bonds. The predicted octanol–water partition coefficient (Wildman–Crippen LogP) is 2.45. The van der Waals surface area contributed by atoms with Gasteiger partial charge < -0.3 is 10.4 Å². The number of amides is 1. The molecule has 0 aliphatic carbocycles. The van der Waals surface area contributed by atoms with Crippen molar-refractivity contribution < 1.29 is 9.90 Å². The van der Waals surface area contributed by atoms with Crippen LogP contribution in [0.25, 0.3) is 5.69 Å². The Hall–Kier alpha value is -3.15. The maximum Gasteiger partial charge on any atom is 0.226 e. The average Bonchev–Trinajstić information content (AvgIpc) is 2.99. The van der Waals surface area contributed by atoms with Gasteiger partial charge in [-0.25, -0.2) is 4.98 Å². The van der Waals surface area contributed by atoms with E-state index < -0.39 is 0 Å². The molecule has 0 saturated carbocycles. The van der Waals surface area contributed by atoms with Gasteiger partial charge in [-0.2, -0.15) is 0 Å². The van der Waals surface area contributed by atoms with Crippen LogP contribution in [0.4, 0.5) is 5.82 Å². The first-order valence-corrected chi connectivity index (χ1v) is 7.29. The van der Waals surface area contributed by atoms with E-state index in [4.69, 9.17) is 0 Å². The van der Waals surface area contributed by atoms with Gasteiger partial charge in [-0.05, 0) is 29.8 Å². The van der Waals surface area contributed by atoms with Crippen molar-refractivity contribution in [3.8, 4) is 11.4 Å². The van der Waals surface area contributed by atoms with Crippen molar-refractivity contribution in [2.45, 2.75) is 12.3 Å². The second-order valence-electron chi connectivity index (χ2n) is 5.46. The van der Waals surface area contributed by atoms with Crippen LogP contribution in [0.1, 0.15) is 23.6 Å². The van der Waals surface area contributed by atoms with Crippen LogP contribution in [0.2, 0.25) is 0 Å². The first kappa shape index (κ1) is 13.5. The maximum atomic E-state index is 12.1. The molecular formula is C17H14N4O2. The number of benzene rings is 1. The van der Waals surface area contributed by atoms with Crippen LogP contribution in [0, 0.1) is 0 Å². The Balaban J connectivity index is 1.81. The molecular weight excluding hydrogens is 292 g/mol. The number of aromatic nitrogens is 3. The normalized spacial score (nSPS) is 16.7. The molecule has 1 aliphatic rings. The fraction of sp³-hybridized carbons (Fsp3) is 0.118. The summed E-state index contributed by atoms with van der Waals surface area (Å²) in [5, 5.41) is 12.4. The number of nitrogens with zero attached hydrogens (tertiary/aromatic N) is 3. The molecule has 0 radical (unpaired) electrons. The zero-order valence-corrected chi connectivity index (χ0v) is 12.2. The monoisotopic (exact) mass is 306 g/mol. The minimum absolute atomic E-state index is 0.0544. The van der Waals surface area contributed by atoms with E-state index in [0.29, 0.717) is 12.2 Å². The van der Waals surface area contributed by atoms with E-state index in [9.17, 15) is 9.90 Å². The third kappa shape index (κ3) is 2.34. The molecule has 4 rings (SSSR count). The van der Waals surface area contributed by atoms with Crippen molar-refractivity contribution in [3.63, 3.8) is 0 Å². The molecule has 0 unspecified atom stereocenters. The van der Waals surface area contributed by atoms with E-state index in [2.05, 4.69) is 15.3 Å². The van der Waals surface area contributed by atoms with Gasteiger partial charge in [0.05, 0.1) is 17.6 Å². The SMILES string of the molecule is O=C1C[C@H](c2ccc(O)cc2)c2ncn(-c3cccnc3)c2N1. The minimum Gasteiger partial charge on any atom is -0.508 e. The van der Waals surface area contributed by atoms with Crippen LogP contribution in [0.3, 0.4) is 0 Å². The van der Waals surface area contributed by atoms with E-state index in [1.807, 2.05) is 28.8 Å². The summed E-state index contributed by atoms with van der Waals surface area (Å²) in [4.78, 5) is 20.8. The van der Waals surface area contributed by atoms with Crippen LogP contribution in [0.5, 0.6) is 5.75 Å². The molecule has 0 fully saturated rings. The summed E-state index contributed by atoms with van der Waals surface area (Å²) < 4.78 is 1.83. The lowest BCUT2D eigenvalue weighted by Gasteiger charge is -2.23. The Morgan fingerprint density at radius 2 is 2.04 bits per heavy atom. The Morgan fingerprint density at radius 1 is 1.22 bits per heavy atom. The second-order valence-corrected chi connectivity index (χ2v) is 5.46. The quantitative estimate of drug-likeness (QED) is 0.762. The van der Waals surface area contributed by atoms with Gasteiger partial charge in [0.1, 0.15) is 17.9 Å². The molecule has 0 saturated heterocycles. The molecule has 2 aromatic heterocycles. The van der Waals surface area contributed by atoms with E-state index in [1.165, 1.54) is 0 Å². The number of nitrogens with one attached hydrogen (secondary N) is 1. The highest BCUT2D eigenvalue weighted by Gasteiger charge is 2.30. The number of phenols is 1. The van der Waals surface area contributed by atoms with Gasteiger partial charge in [0.25, 0.3) is 0 Å². The number of carbonyl (C=O) groups excluding carboxylic acids is 1. The van der Waals surface area contributed by atoms with Gasteiger partial charge in [0.2, 0.25) is 5.91 Å². The van der Waals surface area contributed by atoms with E-state index in [-0.39, 0.29) is 17.6 Å². The lowest BCUT2D eigenvalue weighted by atomic mass is 9.90. The molecule has 1 aliphatic heterocycles. The third-order valence-electron chi connectivity index (χ3n) is 3.99. The highest BCUT2D eigenvalue weighted by molar-refractivity contribution is 5.94. The number of pyridine rings is 1. The van der Waals surface area contributed by atoms with E-state index in [0.717, 1.165) is 16.9 Å². The number of hydrogen-bond acceptors (Lipinski definition) is 4. The highest BCUT2D eigenvalue weighted by atomic mass is 16.3. The van der Waals surface area contributed by atoms with Gasteiger partial charge in [-0.15, -0.1) is 0 Å². The second kappa shape index (κ2) is 5.24. The number of imidazole rings is 1. The Kier molecular flexibility index (Phi) is 3.08. The maximum absolute atomic E-state index is 12.1. The molecule has 3 aromatic rings. The lowest BCUT2D eigenvalue weighted by Crippen LogP contribution is -2.24. The molecule has 6 nitrogen and oxygen atoms in total. The van der Waals surface area contributed by atoms with Crippen molar-refractivity contribution in [3.05, 3.63) is 66.4 Å². The van der Waals surface area contributed by atoms with E-state index >= 15 is 0 Å². The van der Waals surface area contributed by atoms with Crippen LogP contribution in [-0.2, 0) is 4.79 Å². The van der Waals surface area contributed by atoms with Crippen LogP contribution < -0.4 is 5.32 Å². The molecule has 114 valence electrons. The van der Waals surface area contributed by atoms with Crippen LogP contribution in [0.15, 0.2) is 55.1 Å². The fourth-order valence-corrected chi connectivity index (χ4v) is 2.88. The summed E-state index contributed by atoms with van der Waals surface area (Å²) in [6, 6.07) is 10.6. The summed E-state index contributed by atoms with van der Waals surface area (Å²) in [5.41, 5.74) is 2.61. The van der Waals surface area contributed by atoms with Gasteiger partial charge in [-0.3, -0.25) is 14.3 Å². The van der Waals surface area contributed by atoms with Crippen molar-refractivity contribution in [1.29, 1.82) is 0 Å². The average molecular weight is 306 g/mol. The summed E-state index contributed by atoms with van der Waals surface area (Å²) in [6.45, 7) is 0. The molecule has 1 aromatic carbocycles. The number of carbonyl (C=O) groups is 1. The molecule has 0 spiro atoms. The number of fused-ring (bicyclic) bond motifs is 1.